The van der Waals surface area contributed by atoms with Crippen LogP contribution in [-0.2, 0) is 14.4 Å². The maximum Gasteiger partial charge on any atom is 0.257 e. The number of imide groups is 1. The predicted octanol–water partition coefficient (Wildman–Crippen LogP) is 2.38. The molecule has 1 aliphatic heterocycles. The molecule has 1 aliphatic carbocycles. The van der Waals surface area contributed by atoms with E-state index in [9.17, 15) is 14.4 Å². The number of nitrogens with zero attached hydrogens (tertiary/aromatic N) is 2. The second-order valence-corrected chi connectivity index (χ2v) is 6.87. The monoisotopic (exact) mass is 369 g/mol. The van der Waals surface area contributed by atoms with Crippen LogP contribution in [0.25, 0.3) is 0 Å². The molecule has 3 amide bonds. The summed E-state index contributed by atoms with van der Waals surface area (Å²) in [5, 5.41) is 2.70. The summed E-state index contributed by atoms with van der Waals surface area (Å²) in [6, 6.07) is 1.75. The number of carbonyl (C=O) groups excluding carboxylic acids is 3. The third-order valence-corrected chi connectivity index (χ3v) is 4.69. The first-order chi connectivity index (χ1) is 12.9. The van der Waals surface area contributed by atoms with Gasteiger partial charge in [-0.05, 0) is 25.8 Å². The Kier molecular flexibility index (Phi) is 5.39. The molecule has 7 nitrogen and oxygen atoms in total. The smallest absolute Gasteiger partial charge is 0.257 e. The molecule has 27 heavy (non-hydrogen) atoms. The van der Waals surface area contributed by atoms with Crippen LogP contribution in [0.2, 0.25) is 0 Å². The zero-order valence-electron chi connectivity index (χ0n) is 15.7. The maximum absolute atomic E-state index is 12.4. The number of carbonyl (C=O) groups is 3. The van der Waals surface area contributed by atoms with Crippen molar-refractivity contribution in [2.45, 2.75) is 39.7 Å². The van der Waals surface area contributed by atoms with Crippen molar-refractivity contribution in [2.24, 2.45) is 5.92 Å². The Balaban J connectivity index is 1.56. The van der Waals surface area contributed by atoms with E-state index < -0.39 is 0 Å². The van der Waals surface area contributed by atoms with Gasteiger partial charge >= 0.3 is 0 Å². The molecule has 1 N–H and O–H groups in total. The van der Waals surface area contributed by atoms with Gasteiger partial charge in [-0.1, -0.05) is 18.2 Å². The van der Waals surface area contributed by atoms with Crippen molar-refractivity contribution in [1.82, 2.24) is 9.88 Å². The van der Waals surface area contributed by atoms with Crippen LogP contribution < -0.4 is 10.1 Å². The minimum absolute atomic E-state index is 0.128. The fourth-order valence-electron chi connectivity index (χ4n) is 3.23. The third-order valence-electron chi connectivity index (χ3n) is 4.69. The minimum Gasteiger partial charge on any atom is -0.475 e. The number of anilines is 1. The Hall–Kier alpha value is -2.96. The molecular weight excluding hydrogens is 346 g/mol. The van der Waals surface area contributed by atoms with Crippen LogP contribution in [0.15, 0.2) is 36.1 Å². The average molecular weight is 369 g/mol. The summed E-state index contributed by atoms with van der Waals surface area (Å²) in [6.45, 7) is 5.48. The molecule has 7 heteroatoms. The Labute approximate surface area is 158 Å². The number of ether oxygens (including phenoxy) is 1. The summed E-state index contributed by atoms with van der Waals surface area (Å²) in [7, 11) is 0. The van der Waals surface area contributed by atoms with Gasteiger partial charge in [-0.25, -0.2) is 4.98 Å². The highest BCUT2D eigenvalue weighted by Gasteiger charge is 2.42. The van der Waals surface area contributed by atoms with E-state index in [0.29, 0.717) is 36.5 Å². The summed E-state index contributed by atoms with van der Waals surface area (Å²) in [5.41, 5.74) is 2.07. The van der Waals surface area contributed by atoms with Gasteiger partial charge in [0.15, 0.2) is 0 Å². The van der Waals surface area contributed by atoms with Crippen molar-refractivity contribution in [3.63, 3.8) is 0 Å². The Bertz CT molecular complexity index is 844. The van der Waals surface area contributed by atoms with E-state index in [-0.39, 0.29) is 29.7 Å². The molecule has 3 rings (SSSR count). The molecule has 2 atom stereocenters. The molecule has 2 aliphatic rings. The number of aromatic nitrogens is 1. The number of fused-ring (bicyclic) bond motifs is 1. The first-order valence-electron chi connectivity index (χ1n) is 9.00. The number of pyridine rings is 1. The van der Waals surface area contributed by atoms with Crippen molar-refractivity contribution < 1.29 is 19.1 Å². The molecule has 1 saturated heterocycles. The molecule has 142 valence electrons. The average Bonchev–Trinajstić information content (AvgIpc) is 2.86. The lowest BCUT2D eigenvalue weighted by Crippen LogP contribution is -2.34. The molecule has 0 bridgehead atoms. The number of hydrogen-bond donors (Lipinski definition) is 1. The Morgan fingerprint density at radius 2 is 2.22 bits per heavy atom. The largest absolute Gasteiger partial charge is 0.475 e. The highest BCUT2D eigenvalue weighted by Crippen LogP contribution is 2.31. The summed E-state index contributed by atoms with van der Waals surface area (Å²) in [6.07, 6.45) is 7.90. The molecule has 1 aromatic rings. The number of hydrogen-bond acceptors (Lipinski definition) is 5. The highest BCUT2D eigenvalue weighted by molar-refractivity contribution is 6.15. The van der Waals surface area contributed by atoms with Gasteiger partial charge in [0.1, 0.15) is 0 Å². The van der Waals surface area contributed by atoms with Crippen molar-refractivity contribution in [3.8, 4) is 5.88 Å². The minimum atomic E-state index is -0.329. The lowest BCUT2D eigenvalue weighted by molar-refractivity contribution is -0.139. The van der Waals surface area contributed by atoms with E-state index >= 15 is 0 Å². The standard InChI is InChI=1S/C20H23N3O4/c1-12-10-18(21-11-17(12)22-14(3)24)27-13(2)8-9-23-19(25)15-6-4-5-7-16(15)20(23)26/h4-6,10-11,13,16H,7-9H2,1-3H3,(H,22,24)/t13-,16?/m1/s1. The summed E-state index contributed by atoms with van der Waals surface area (Å²) < 4.78 is 5.80. The first-order valence-corrected chi connectivity index (χ1v) is 9.00. The van der Waals surface area contributed by atoms with E-state index in [1.54, 1.807) is 18.3 Å². The van der Waals surface area contributed by atoms with Crippen LogP contribution in [0.3, 0.4) is 0 Å². The molecule has 2 heterocycles. The Morgan fingerprint density at radius 1 is 1.44 bits per heavy atom. The molecular formula is C20H23N3O4. The van der Waals surface area contributed by atoms with Gasteiger partial charge in [0, 0.05) is 31.5 Å². The number of allylic oxidation sites excluding steroid dienone is 3. The van der Waals surface area contributed by atoms with Crippen LogP contribution in [0.5, 0.6) is 5.88 Å². The van der Waals surface area contributed by atoms with Gasteiger partial charge in [0.05, 0.1) is 23.9 Å². The SMILES string of the molecule is CC(=O)Nc1cnc(O[C@H](C)CCN2C(=O)C3=CC=CCC3C2=O)cc1C. The molecule has 1 aromatic heterocycles. The second-order valence-electron chi connectivity index (χ2n) is 6.87. The summed E-state index contributed by atoms with van der Waals surface area (Å²) >= 11 is 0. The van der Waals surface area contributed by atoms with Crippen molar-refractivity contribution in [1.29, 1.82) is 0 Å². The van der Waals surface area contributed by atoms with E-state index in [4.69, 9.17) is 4.74 Å². The van der Waals surface area contributed by atoms with E-state index in [1.165, 1.54) is 11.8 Å². The van der Waals surface area contributed by atoms with Crippen molar-refractivity contribution in [2.75, 3.05) is 11.9 Å². The van der Waals surface area contributed by atoms with Crippen molar-refractivity contribution >= 4 is 23.4 Å². The topological polar surface area (TPSA) is 88.6 Å². The molecule has 1 fully saturated rings. The van der Waals surface area contributed by atoms with E-state index in [1.807, 2.05) is 26.0 Å². The highest BCUT2D eigenvalue weighted by atomic mass is 16.5. The zero-order chi connectivity index (χ0) is 19.6. The summed E-state index contributed by atoms with van der Waals surface area (Å²) in [4.78, 5) is 41.5. The lowest BCUT2D eigenvalue weighted by atomic mass is 9.94. The molecule has 0 saturated carbocycles. The van der Waals surface area contributed by atoms with Crippen molar-refractivity contribution in [3.05, 3.63) is 41.6 Å². The number of rotatable bonds is 6. The van der Waals surface area contributed by atoms with Gasteiger partial charge in [-0.15, -0.1) is 0 Å². The van der Waals surface area contributed by atoms with Crippen LogP contribution >= 0.6 is 0 Å². The quantitative estimate of drug-likeness (QED) is 0.778. The van der Waals surface area contributed by atoms with Gasteiger partial charge in [0.2, 0.25) is 17.7 Å². The molecule has 0 spiro atoms. The van der Waals surface area contributed by atoms with Crippen LogP contribution in [0.4, 0.5) is 5.69 Å². The van der Waals surface area contributed by atoms with Crippen LogP contribution in [0, 0.1) is 12.8 Å². The second kappa shape index (κ2) is 7.73. The van der Waals surface area contributed by atoms with E-state index in [0.717, 1.165) is 5.56 Å². The predicted molar refractivity (Wildman–Crippen MR) is 100 cm³/mol. The van der Waals surface area contributed by atoms with Crippen LogP contribution in [0.1, 0.15) is 32.3 Å². The van der Waals surface area contributed by atoms with Gasteiger partial charge in [-0.3, -0.25) is 19.3 Å². The van der Waals surface area contributed by atoms with Crippen LogP contribution in [-0.4, -0.2) is 40.3 Å². The third kappa shape index (κ3) is 4.07. The molecule has 0 aromatic carbocycles. The molecule has 0 radical (unpaired) electrons. The first kappa shape index (κ1) is 18.8. The maximum atomic E-state index is 12.4. The lowest BCUT2D eigenvalue weighted by Gasteiger charge is -2.19. The Morgan fingerprint density at radius 3 is 2.89 bits per heavy atom. The van der Waals surface area contributed by atoms with E-state index in [2.05, 4.69) is 10.3 Å². The number of aryl methyl sites for hydroxylation is 1. The summed E-state index contributed by atoms with van der Waals surface area (Å²) in [5.74, 6) is -0.377. The fraction of sp³-hybridized carbons (Fsp3) is 0.400. The van der Waals surface area contributed by atoms with Gasteiger partial charge in [-0.2, -0.15) is 0 Å². The number of likely N-dealkylation sites (tertiary alicyclic amines) is 1. The molecule has 1 unspecified atom stereocenters. The van der Waals surface area contributed by atoms with Gasteiger partial charge < -0.3 is 10.1 Å². The number of amides is 3. The fourth-order valence-corrected chi connectivity index (χ4v) is 3.23. The normalized spacial score (nSPS) is 19.6. The zero-order valence-corrected chi connectivity index (χ0v) is 15.7. The number of nitrogens with one attached hydrogen (secondary N) is 1. The van der Waals surface area contributed by atoms with Gasteiger partial charge in [0.25, 0.3) is 5.91 Å².